The van der Waals surface area contributed by atoms with Crippen LogP contribution in [0.4, 0.5) is 0 Å². The van der Waals surface area contributed by atoms with Gasteiger partial charge in [-0.25, -0.2) is 0 Å². The zero-order valence-electron chi connectivity index (χ0n) is 13.7. The molecule has 3 aromatic rings. The first-order valence-corrected chi connectivity index (χ1v) is 8.94. The van der Waals surface area contributed by atoms with Gasteiger partial charge in [0.05, 0.1) is 0 Å². The number of phenols is 1. The molecule has 0 saturated carbocycles. The molecule has 0 aliphatic carbocycles. The number of phenolic OH excluding ortho intramolecular Hbond substituents is 1. The predicted molar refractivity (Wildman–Crippen MR) is 101 cm³/mol. The summed E-state index contributed by atoms with van der Waals surface area (Å²) in [4.78, 5) is 1.51. The number of hydrogen-bond donors (Lipinski definition) is 3. The van der Waals surface area contributed by atoms with E-state index in [-0.39, 0.29) is 35.3 Å². The van der Waals surface area contributed by atoms with Crippen molar-refractivity contribution in [1.82, 2.24) is 15.0 Å². The molecule has 10 heteroatoms. The number of aromatic hydroxyl groups is 1. The van der Waals surface area contributed by atoms with Gasteiger partial charge in [0.15, 0.2) is 0 Å². The fourth-order valence-corrected chi connectivity index (χ4v) is 2.30. The molecule has 0 bridgehead atoms. The molecule has 0 spiro atoms. The number of rotatable bonds is 3. The van der Waals surface area contributed by atoms with Crippen molar-refractivity contribution < 1.29 is 22.6 Å². The van der Waals surface area contributed by atoms with Gasteiger partial charge in [0.25, 0.3) is 0 Å². The van der Waals surface area contributed by atoms with Crippen LogP contribution in [0.1, 0.15) is 31.7 Å². The van der Waals surface area contributed by atoms with E-state index in [0.29, 0.717) is 11.6 Å². The van der Waals surface area contributed by atoms with Crippen molar-refractivity contribution >= 4 is 51.0 Å². The summed E-state index contributed by atoms with van der Waals surface area (Å²) < 4.78 is 31.6. The summed E-state index contributed by atoms with van der Waals surface area (Å²) in [7, 11) is -4.67. The number of aromatic nitrogens is 3. The van der Waals surface area contributed by atoms with Crippen LogP contribution in [-0.2, 0) is 10.4 Å². The van der Waals surface area contributed by atoms with Gasteiger partial charge in [-0.3, -0.25) is 9.11 Å². The molecular weight excluding hydrogens is 369 g/mol. The molecule has 0 fully saturated rings. The third kappa shape index (κ3) is 6.04. The summed E-state index contributed by atoms with van der Waals surface area (Å²) in [6.45, 7) is 4.21. The van der Waals surface area contributed by atoms with Crippen molar-refractivity contribution in [2.24, 2.45) is 0 Å². The molecule has 0 saturated heterocycles. The summed E-state index contributed by atoms with van der Waals surface area (Å²) in [6, 6.07) is 13.4. The van der Waals surface area contributed by atoms with Crippen molar-refractivity contribution in [3.8, 4) is 11.4 Å². The predicted octanol–water partition coefficient (Wildman–Crippen LogP) is 2.34. The second-order valence-electron chi connectivity index (χ2n) is 5.45. The maximum atomic E-state index is 10.5. The van der Waals surface area contributed by atoms with Crippen molar-refractivity contribution in [1.29, 1.82) is 0 Å². The third-order valence-corrected chi connectivity index (χ3v) is 3.69. The summed E-state index contributed by atoms with van der Waals surface area (Å²) >= 11 is 0. The topological polar surface area (TPSA) is 126 Å². The van der Waals surface area contributed by atoms with Gasteiger partial charge in [0.1, 0.15) is 22.5 Å². The van der Waals surface area contributed by atoms with Gasteiger partial charge in [-0.1, -0.05) is 38.1 Å². The van der Waals surface area contributed by atoms with E-state index in [9.17, 15) is 5.11 Å². The Kier molecular flexibility index (Phi) is 8.19. The molecule has 8 nitrogen and oxygen atoms in total. The van der Waals surface area contributed by atoms with Crippen LogP contribution in [0.5, 0.6) is 5.75 Å². The average molecular weight is 389 g/mol. The van der Waals surface area contributed by atoms with Crippen molar-refractivity contribution in [3.63, 3.8) is 0 Å². The Bertz CT molecular complexity index is 934. The monoisotopic (exact) mass is 389 g/mol. The SMILES string of the molecule is CCC(C)c1cccc(-n2nc3ccccc3n2)c1O.O=S(=O)(O)O.[NaH]. The minimum atomic E-state index is -4.67. The second-order valence-corrected chi connectivity index (χ2v) is 6.35. The Hall–Kier alpha value is -1.49. The molecule has 3 N–H and O–H groups in total. The number of fused-ring (bicyclic) bond motifs is 1. The first-order valence-electron chi connectivity index (χ1n) is 7.55. The van der Waals surface area contributed by atoms with E-state index in [1.165, 1.54) is 4.80 Å². The quantitative estimate of drug-likeness (QED) is 0.464. The Balaban J connectivity index is 0.000000501. The first kappa shape index (κ1) is 22.6. The average Bonchev–Trinajstić information content (AvgIpc) is 2.96. The van der Waals surface area contributed by atoms with E-state index >= 15 is 0 Å². The Labute approximate surface area is 173 Å². The summed E-state index contributed by atoms with van der Waals surface area (Å²) in [5, 5.41) is 19.3. The van der Waals surface area contributed by atoms with Crippen LogP contribution in [0.25, 0.3) is 16.7 Å². The van der Waals surface area contributed by atoms with E-state index in [2.05, 4.69) is 24.0 Å². The molecule has 136 valence electrons. The van der Waals surface area contributed by atoms with Crippen LogP contribution in [0.3, 0.4) is 0 Å². The van der Waals surface area contributed by atoms with Gasteiger partial charge in [0.2, 0.25) is 0 Å². The molecule has 1 heterocycles. The van der Waals surface area contributed by atoms with E-state index in [1.54, 1.807) is 0 Å². The summed E-state index contributed by atoms with van der Waals surface area (Å²) in [5.74, 6) is 0.571. The van der Waals surface area contributed by atoms with Crippen LogP contribution < -0.4 is 0 Å². The molecule has 0 radical (unpaired) electrons. The van der Waals surface area contributed by atoms with Gasteiger partial charge in [-0.15, -0.1) is 15.0 Å². The van der Waals surface area contributed by atoms with E-state index in [0.717, 1.165) is 23.0 Å². The molecule has 1 atom stereocenters. The maximum absolute atomic E-state index is 10.5. The fourth-order valence-electron chi connectivity index (χ4n) is 2.30. The van der Waals surface area contributed by atoms with Gasteiger partial charge >= 0.3 is 40.0 Å². The van der Waals surface area contributed by atoms with E-state index in [1.807, 2.05) is 42.5 Å². The van der Waals surface area contributed by atoms with Crippen molar-refractivity contribution in [3.05, 3.63) is 48.0 Å². The Morgan fingerprint density at radius 3 is 2.00 bits per heavy atom. The summed E-state index contributed by atoms with van der Waals surface area (Å²) in [5.41, 5.74) is 3.20. The number of benzene rings is 2. The van der Waals surface area contributed by atoms with E-state index < -0.39 is 10.4 Å². The molecule has 1 aromatic heterocycles. The molecule has 2 aromatic carbocycles. The van der Waals surface area contributed by atoms with Crippen molar-refractivity contribution in [2.45, 2.75) is 26.2 Å². The molecule has 26 heavy (non-hydrogen) atoms. The van der Waals surface area contributed by atoms with E-state index in [4.69, 9.17) is 17.5 Å². The molecule has 3 rings (SSSR count). The normalized spacial score (nSPS) is 12.0. The van der Waals surface area contributed by atoms with Gasteiger partial charge in [-0.2, -0.15) is 8.42 Å². The van der Waals surface area contributed by atoms with Crippen LogP contribution in [0, 0.1) is 0 Å². The van der Waals surface area contributed by atoms with Crippen LogP contribution in [0.2, 0.25) is 0 Å². The molecule has 1 unspecified atom stereocenters. The third-order valence-electron chi connectivity index (χ3n) is 3.69. The number of nitrogens with zero attached hydrogens (tertiary/aromatic N) is 3. The number of hydrogen-bond acceptors (Lipinski definition) is 5. The molecule has 0 aliphatic heterocycles. The van der Waals surface area contributed by atoms with Gasteiger partial charge in [-0.05, 0) is 36.1 Å². The summed E-state index contributed by atoms with van der Waals surface area (Å²) in [6.07, 6.45) is 0.978. The van der Waals surface area contributed by atoms with Crippen molar-refractivity contribution in [2.75, 3.05) is 0 Å². The molecule has 0 amide bonds. The minimum absolute atomic E-state index is 0. The van der Waals surface area contributed by atoms with Crippen LogP contribution in [0.15, 0.2) is 42.5 Å². The zero-order valence-corrected chi connectivity index (χ0v) is 14.6. The Morgan fingerprint density at radius 2 is 1.54 bits per heavy atom. The van der Waals surface area contributed by atoms with Crippen LogP contribution >= 0.6 is 0 Å². The molecular formula is C16H20N3NaO5S. The fraction of sp³-hybridized carbons (Fsp3) is 0.250. The number of para-hydroxylation sites is 1. The standard InChI is InChI=1S/C16H17N3O.Na.H2O4S.H/c1-3-11(2)12-7-6-10-15(16(12)20)19-17-13-8-4-5-9-14(13)18-19;;1-5(2,3)4;/h4-11,20H,3H2,1-2H3;;(H2,1,2,3,4);. The Morgan fingerprint density at radius 1 is 1.04 bits per heavy atom. The molecule has 0 aliphatic rings. The van der Waals surface area contributed by atoms with Gasteiger partial charge < -0.3 is 5.11 Å². The van der Waals surface area contributed by atoms with Crippen LogP contribution in [-0.4, -0.2) is 67.2 Å². The van der Waals surface area contributed by atoms with Gasteiger partial charge in [0, 0.05) is 0 Å². The first-order chi connectivity index (χ1) is 11.7. The second kappa shape index (κ2) is 9.45. The zero-order chi connectivity index (χ0) is 18.6.